The van der Waals surface area contributed by atoms with Crippen LogP contribution >= 0.6 is 0 Å². The fraction of sp³-hybridized carbons (Fsp3) is 0.632. The Hall–Kier alpha value is -1.42. The summed E-state index contributed by atoms with van der Waals surface area (Å²) < 4.78 is 30.4. The van der Waals surface area contributed by atoms with Gasteiger partial charge < -0.3 is 4.48 Å². The molecule has 0 atom stereocenters. The molecule has 0 aliphatic rings. The zero-order chi connectivity index (χ0) is 19.3. The normalized spacial score (nSPS) is 11.4. The maximum atomic E-state index is 10.5. The van der Waals surface area contributed by atoms with Crippen molar-refractivity contribution >= 4 is 10.1 Å². The van der Waals surface area contributed by atoms with Crippen LogP contribution in [0.5, 0.6) is 0 Å². The lowest BCUT2D eigenvalue weighted by Gasteiger charge is -2.26. The molecule has 0 unspecified atom stereocenters. The van der Waals surface area contributed by atoms with Crippen molar-refractivity contribution in [2.75, 3.05) is 27.2 Å². The molecule has 0 bridgehead atoms. The van der Waals surface area contributed by atoms with E-state index in [0.29, 0.717) is 6.54 Å². The van der Waals surface area contributed by atoms with E-state index in [1.165, 1.54) is 50.7 Å². The molecule has 0 fully saturated rings. The molecule has 0 saturated heterocycles. The van der Waals surface area contributed by atoms with Crippen molar-refractivity contribution in [2.45, 2.75) is 57.3 Å². The molecular formula is C19H33N2O3S+. The Morgan fingerprint density at radius 3 is 2.04 bits per heavy atom. The number of hydrogen-bond donors (Lipinski definition) is 1. The molecule has 0 spiro atoms. The zero-order valence-corrected chi connectivity index (χ0v) is 16.8. The van der Waals surface area contributed by atoms with Crippen molar-refractivity contribution < 1.29 is 17.5 Å². The van der Waals surface area contributed by atoms with E-state index < -0.39 is 10.1 Å². The van der Waals surface area contributed by atoms with Crippen molar-refractivity contribution in [3.8, 4) is 6.07 Å². The minimum absolute atomic E-state index is 0.0666. The van der Waals surface area contributed by atoms with Crippen LogP contribution in [0.1, 0.15) is 51.0 Å². The molecule has 142 valence electrons. The van der Waals surface area contributed by atoms with Crippen LogP contribution in [0.15, 0.2) is 29.2 Å². The highest BCUT2D eigenvalue weighted by atomic mass is 32.2. The lowest BCUT2D eigenvalue weighted by atomic mass is 10.1. The molecule has 1 N–H and O–H groups in total. The molecule has 0 heterocycles. The monoisotopic (exact) mass is 369 g/mol. The molecule has 0 aliphatic heterocycles. The molecule has 5 nitrogen and oxygen atoms in total. The summed E-state index contributed by atoms with van der Waals surface area (Å²) in [6, 6.07) is 8.23. The summed E-state index contributed by atoms with van der Waals surface area (Å²) in [5.74, 6) is 0. The van der Waals surface area contributed by atoms with Crippen LogP contribution in [0, 0.1) is 18.3 Å². The van der Waals surface area contributed by atoms with Gasteiger partial charge in [-0.15, -0.1) is 0 Å². The summed E-state index contributed by atoms with van der Waals surface area (Å²) >= 11 is 0. The van der Waals surface area contributed by atoms with Crippen molar-refractivity contribution in [3.05, 3.63) is 29.8 Å². The Morgan fingerprint density at radius 1 is 1.04 bits per heavy atom. The second kappa shape index (κ2) is 12.0. The molecule has 1 aromatic rings. The zero-order valence-electron chi connectivity index (χ0n) is 16.0. The Balaban J connectivity index is 0.000000472. The van der Waals surface area contributed by atoms with Crippen molar-refractivity contribution in [1.82, 2.24) is 0 Å². The quantitative estimate of drug-likeness (QED) is 0.306. The molecule has 0 aliphatic carbocycles. The molecular weight excluding hydrogens is 336 g/mol. The summed E-state index contributed by atoms with van der Waals surface area (Å²) in [7, 11) is 0.249. The van der Waals surface area contributed by atoms with Gasteiger partial charge in [0.25, 0.3) is 10.1 Å². The van der Waals surface area contributed by atoms with Gasteiger partial charge in [0.15, 0.2) is 6.54 Å². The summed E-state index contributed by atoms with van der Waals surface area (Å²) in [5.41, 5.74) is 0.956. The Labute approximate surface area is 153 Å². The van der Waals surface area contributed by atoms with Crippen molar-refractivity contribution in [3.63, 3.8) is 0 Å². The van der Waals surface area contributed by atoms with Crippen LogP contribution in [-0.2, 0) is 10.1 Å². The smallest absolute Gasteiger partial charge is 0.294 e. The summed E-state index contributed by atoms with van der Waals surface area (Å²) in [6.45, 7) is 5.86. The second-order valence-electron chi connectivity index (χ2n) is 7.03. The second-order valence-corrected chi connectivity index (χ2v) is 8.45. The van der Waals surface area contributed by atoms with Gasteiger partial charge in [0.1, 0.15) is 6.07 Å². The summed E-state index contributed by atoms with van der Waals surface area (Å²) in [5, 5.41) is 8.61. The van der Waals surface area contributed by atoms with Gasteiger partial charge in [0, 0.05) is 0 Å². The molecule has 1 aromatic carbocycles. The molecule has 1 rings (SSSR count). The number of quaternary nitrogens is 1. The number of benzene rings is 1. The van der Waals surface area contributed by atoms with E-state index in [-0.39, 0.29) is 4.90 Å². The maximum absolute atomic E-state index is 10.5. The first kappa shape index (κ1) is 23.6. The average molecular weight is 370 g/mol. The van der Waals surface area contributed by atoms with E-state index in [9.17, 15) is 8.42 Å². The van der Waals surface area contributed by atoms with Crippen LogP contribution in [0.4, 0.5) is 0 Å². The first-order chi connectivity index (χ1) is 11.6. The fourth-order valence-corrected chi connectivity index (χ4v) is 2.78. The largest absolute Gasteiger partial charge is 0.317 e. The predicted octanol–water partition coefficient (Wildman–Crippen LogP) is 4.19. The van der Waals surface area contributed by atoms with E-state index in [2.05, 4.69) is 27.1 Å². The SMILES string of the molecule is CCCCCCCC[N+](C)(C)CC#N.Cc1ccc(S(=O)(=O)O)cc1. The number of hydrogen-bond acceptors (Lipinski definition) is 3. The first-order valence-electron chi connectivity index (χ1n) is 8.85. The van der Waals surface area contributed by atoms with Crippen LogP contribution in [0.2, 0.25) is 0 Å². The number of unbranched alkanes of at least 4 members (excludes halogenated alkanes) is 5. The third-order valence-corrected chi connectivity index (χ3v) is 4.80. The molecule has 6 heteroatoms. The highest BCUT2D eigenvalue weighted by Crippen LogP contribution is 2.09. The fourth-order valence-electron chi connectivity index (χ4n) is 2.30. The van der Waals surface area contributed by atoms with Gasteiger partial charge in [0.2, 0.25) is 0 Å². The minimum Gasteiger partial charge on any atom is -0.317 e. The minimum atomic E-state index is -4.02. The Morgan fingerprint density at radius 2 is 1.56 bits per heavy atom. The lowest BCUT2D eigenvalue weighted by molar-refractivity contribution is -0.883. The number of nitriles is 1. The van der Waals surface area contributed by atoms with Gasteiger partial charge in [-0.25, -0.2) is 0 Å². The molecule has 0 saturated carbocycles. The summed E-state index contributed by atoms with van der Waals surface area (Å²) in [6.07, 6.45) is 8.01. The van der Waals surface area contributed by atoms with Crippen molar-refractivity contribution in [2.24, 2.45) is 0 Å². The Kier molecular flexibility index (Phi) is 11.3. The molecule has 0 amide bonds. The molecule has 0 radical (unpaired) electrons. The third kappa shape index (κ3) is 12.6. The van der Waals surface area contributed by atoms with Crippen LogP contribution in [0.3, 0.4) is 0 Å². The van der Waals surface area contributed by atoms with Crippen molar-refractivity contribution in [1.29, 1.82) is 5.26 Å². The van der Waals surface area contributed by atoms with Crippen LogP contribution in [0.25, 0.3) is 0 Å². The van der Waals surface area contributed by atoms with Gasteiger partial charge in [-0.05, 0) is 31.9 Å². The maximum Gasteiger partial charge on any atom is 0.294 e. The van der Waals surface area contributed by atoms with E-state index >= 15 is 0 Å². The number of rotatable bonds is 9. The number of nitrogens with zero attached hydrogens (tertiary/aromatic N) is 2. The van der Waals surface area contributed by atoms with Gasteiger partial charge in [0.05, 0.1) is 25.5 Å². The molecule has 0 aromatic heterocycles. The van der Waals surface area contributed by atoms with Gasteiger partial charge in [-0.1, -0.05) is 50.3 Å². The standard InChI is InChI=1S/C12H25N2.C7H8O3S/c1-4-5-6-7-8-9-11-14(2,3)12-10-13;1-6-2-4-7(5-3-6)11(8,9)10/h4-9,11-12H2,1-3H3;2-5H,1H3,(H,8,9,10)/q+1;. The number of aryl methyl sites for hydroxylation is 1. The predicted molar refractivity (Wildman–Crippen MR) is 102 cm³/mol. The Bertz CT molecular complexity index is 617. The first-order valence-corrected chi connectivity index (χ1v) is 10.3. The van der Waals surface area contributed by atoms with E-state index in [0.717, 1.165) is 16.6 Å². The van der Waals surface area contributed by atoms with Gasteiger partial charge in [-0.3, -0.25) is 4.55 Å². The molecule has 25 heavy (non-hydrogen) atoms. The van der Waals surface area contributed by atoms with Gasteiger partial charge in [-0.2, -0.15) is 13.7 Å². The van der Waals surface area contributed by atoms with Crippen LogP contribution < -0.4 is 0 Å². The summed E-state index contributed by atoms with van der Waals surface area (Å²) in [4.78, 5) is -0.0666. The topological polar surface area (TPSA) is 78.2 Å². The lowest BCUT2D eigenvalue weighted by Crippen LogP contribution is -2.40. The average Bonchev–Trinajstić information content (AvgIpc) is 2.51. The third-order valence-electron chi connectivity index (χ3n) is 3.93. The van der Waals surface area contributed by atoms with Crippen LogP contribution in [-0.4, -0.2) is 44.6 Å². The highest BCUT2D eigenvalue weighted by molar-refractivity contribution is 7.85. The van der Waals surface area contributed by atoms with E-state index in [4.69, 9.17) is 9.81 Å². The van der Waals surface area contributed by atoms with E-state index in [1.54, 1.807) is 12.1 Å². The van der Waals surface area contributed by atoms with Gasteiger partial charge >= 0.3 is 0 Å². The highest BCUT2D eigenvalue weighted by Gasteiger charge is 2.12. The van der Waals surface area contributed by atoms with E-state index in [1.807, 2.05) is 6.92 Å².